The third kappa shape index (κ3) is 21.7. The van der Waals surface area contributed by atoms with Crippen LogP contribution in [0.5, 0.6) is 23.0 Å². The first-order valence-corrected chi connectivity index (χ1v) is 42.7. The Morgan fingerprint density at radius 2 is 0.694 bits per heavy atom. The Labute approximate surface area is 719 Å². The number of nitrogens with zero attached hydrogens (tertiary/aromatic N) is 14. The van der Waals surface area contributed by atoms with Gasteiger partial charge in [0.1, 0.15) is 49.4 Å². The van der Waals surface area contributed by atoms with Crippen LogP contribution >= 0.6 is 0 Å². The molecule has 1 N–H and O–H groups in total. The predicted octanol–water partition coefficient (Wildman–Crippen LogP) is 16.1. The van der Waals surface area contributed by atoms with Gasteiger partial charge in [-0.1, -0.05) is 147 Å². The fourth-order valence-electron chi connectivity index (χ4n) is 16.5. The lowest BCUT2D eigenvalue weighted by atomic mass is 10.1. The zero-order valence-electron chi connectivity index (χ0n) is 70.3. The van der Waals surface area contributed by atoms with E-state index in [0.717, 1.165) is 146 Å². The third-order valence-corrected chi connectivity index (χ3v) is 23.1. The second-order valence-corrected chi connectivity index (χ2v) is 32.4. The van der Waals surface area contributed by atoms with Crippen molar-refractivity contribution in [1.82, 2.24) is 67.2 Å². The maximum Gasteiger partial charge on any atom is 0.258 e. The summed E-state index contributed by atoms with van der Waals surface area (Å²) in [5.74, 6) is 3.72. The van der Waals surface area contributed by atoms with Crippen molar-refractivity contribution in [3.05, 3.63) is 356 Å². The van der Waals surface area contributed by atoms with Crippen LogP contribution in [0.25, 0.3) is 66.4 Å². The molecule has 124 heavy (non-hydrogen) atoms. The highest BCUT2D eigenvalue weighted by Crippen LogP contribution is 2.31. The number of aliphatic hydroxyl groups is 1. The molecule has 2 aliphatic carbocycles. The van der Waals surface area contributed by atoms with Gasteiger partial charge < -0.3 is 33.7 Å². The molecule has 634 valence electrons. The second kappa shape index (κ2) is 40.4. The van der Waals surface area contributed by atoms with Crippen molar-refractivity contribution >= 4 is 43.6 Å². The lowest BCUT2D eigenvalue weighted by Crippen LogP contribution is -2.29. The fraction of sp³-hybridized carbons (Fsp3) is 0.280. The second-order valence-electron chi connectivity index (χ2n) is 32.4. The number of pyridine rings is 4. The minimum absolute atomic E-state index is 0.113. The highest BCUT2D eigenvalue weighted by molar-refractivity contribution is 5.83. The monoisotopic (exact) mass is 1660 g/mol. The molecule has 0 amide bonds. The standard InChI is InChI=1S/C26H28N4O3.2C25H25N3O2.C24H26N4O3/c1-32-24-9-11-28(18-24)13-14-30-25-8-7-22(15-21(25)17-27-30)29-12-10-23(16-26(29)31)33-19-20-5-3-2-4-6-20;2*29-25-15-23(30-18-20-8-2-1-3-9-20)12-13-27(25)22-10-11-24-21(14-22)16-26-28(24)17-19-6-4-5-7-19;1-26(2)15-21(29)16-28-23-9-8-20(12-19(23)14-25-28)27-11-10-22(13-24(27)30)31-17-18-6-4-3-5-7-18/h2-8,10,12,15-17,24H,9,11,13-14,18-19H2,1H3;2*1-3,8-16,19H,4-7,17-18H2;3-14,21,29H,15-17H2,1-2H3/t24-;;;21-/m0..0/s1. The van der Waals surface area contributed by atoms with Crippen LogP contribution in [0, 0.1) is 11.8 Å². The number of likely N-dealkylation sites (N-methyl/N-ethyl adjacent to an activating group) is 1. The van der Waals surface area contributed by atoms with Gasteiger partial charge in [0.2, 0.25) is 0 Å². The number of rotatable bonds is 28. The fourth-order valence-corrected chi connectivity index (χ4v) is 16.5. The highest BCUT2D eigenvalue weighted by atomic mass is 16.5. The molecule has 3 fully saturated rings. The molecule has 0 unspecified atom stereocenters. The van der Waals surface area contributed by atoms with Gasteiger partial charge in [0.25, 0.3) is 22.2 Å². The summed E-state index contributed by atoms with van der Waals surface area (Å²) in [5, 5.41) is 32.4. The number of fused-ring (bicyclic) bond motifs is 4. The van der Waals surface area contributed by atoms with Crippen molar-refractivity contribution in [3.63, 3.8) is 0 Å². The van der Waals surface area contributed by atoms with Gasteiger partial charge >= 0.3 is 0 Å². The van der Waals surface area contributed by atoms with Gasteiger partial charge in [-0.15, -0.1) is 0 Å². The first-order chi connectivity index (χ1) is 60.7. The summed E-state index contributed by atoms with van der Waals surface area (Å²) in [4.78, 5) is 55.1. The zero-order valence-corrected chi connectivity index (χ0v) is 70.3. The van der Waals surface area contributed by atoms with Gasteiger partial charge in [-0.05, 0) is 177 Å². The van der Waals surface area contributed by atoms with E-state index in [4.69, 9.17) is 23.7 Å². The average molecular weight is 1660 g/mol. The van der Waals surface area contributed by atoms with E-state index in [1.807, 2.05) is 242 Å². The first-order valence-electron chi connectivity index (χ1n) is 42.7. The molecule has 8 aromatic heterocycles. The maximum absolute atomic E-state index is 12.7. The SMILES string of the molecule is CN(C)C[C@H](O)Cn1ncc2cc(-n3ccc(OCc4ccccc4)cc3=O)ccc21.CO[C@H]1CCN(CCn2ncc3cc(-n4ccc(OCc5ccccc5)cc4=O)ccc32)C1.O=c1cc(OCc2ccccc2)ccn1-c1ccc2c(cnn2CC2CCCC2)c1.O=c1cc(OCc2ccccc2)ccn1-c1ccc2c(cnn2CC2CCCC2)c1. The van der Waals surface area contributed by atoms with Crippen molar-refractivity contribution in [3.8, 4) is 45.7 Å². The smallest absolute Gasteiger partial charge is 0.258 e. The van der Waals surface area contributed by atoms with Crippen molar-refractivity contribution in [2.24, 2.45) is 11.8 Å². The molecule has 8 aromatic carbocycles. The quantitative estimate of drug-likeness (QED) is 0.0480. The molecule has 0 radical (unpaired) electrons. The zero-order chi connectivity index (χ0) is 85.1. The van der Waals surface area contributed by atoms with Crippen LogP contribution in [0.2, 0.25) is 0 Å². The minimum atomic E-state index is -0.510. The van der Waals surface area contributed by atoms with E-state index < -0.39 is 6.10 Å². The Balaban J connectivity index is 0.000000122. The van der Waals surface area contributed by atoms with Crippen LogP contribution in [0.4, 0.5) is 0 Å². The van der Waals surface area contributed by atoms with Crippen molar-refractivity contribution in [1.29, 1.82) is 0 Å². The maximum atomic E-state index is 12.7. The summed E-state index contributed by atoms with van der Waals surface area (Å²) >= 11 is 0. The number of methoxy groups -OCH3 is 1. The normalized spacial score (nSPS) is 14.4. The van der Waals surface area contributed by atoms with E-state index >= 15 is 0 Å². The third-order valence-electron chi connectivity index (χ3n) is 23.1. The molecule has 0 spiro atoms. The Kier molecular flexibility index (Phi) is 27.4. The van der Waals surface area contributed by atoms with Crippen LogP contribution in [-0.4, -0.2) is 132 Å². The molecule has 2 atom stereocenters. The number of hydrogen-bond acceptors (Lipinski definition) is 16. The lowest BCUT2D eigenvalue weighted by Gasteiger charge is -2.16. The van der Waals surface area contributed by atoms with Crippen LogP contribution in [0.15, 0.2) is 311 Å². The van der Waals surface area contributed by atoms with Crippen molar-refractivity contribution < 1.29 is 28.8 Å². The largest absolute Gasteiger partial charge is 0.489 e. The molecule has 9 heterocycles. The van der Waals surface area contributed by atoms with Crippen LogP contribution in [-0.2, 0) is 57.3 Å². The molecular formula is C100H104N14O10. The number of likely N-dealkylation sites (tertiary alicyclic amines) is 1. The summed E-state index contributed by atoms with van der Waals surface area (Å²) < 4.78 is 43.1. The van der Waals surface area contributed by atoms with Gasteiger partial charge in [-0.25, -0.2) is 0 Å². The van der Waals surface area contributed by atoms with Gasteiger partial charge in [0.15, 0.2) is 0 Å². The summed E-state index contributed by atoms with van der Waals surface area (Å²) in [6.45, 7) is 8.48. The molecule has 2 saturated carbocycles. The molecule has 24 heteroatoms. The summed E-state index contributed by atoms with van der Waals surface area (Å²) in [7, 11) is 5.63. The van der Waals surface area contributed by atoms with Crippen LogP contribution in [0.1, 0.15) is 80.0 Å². The van der Waals surface area contributed by atoms with Crippen molar-refractivity contribution in [2.45, 2.75) is 123 Å². The molecular weight excluding hydrogens is 1560 g/mol. The Bertz CT molecular complexity index is 6270. The Hall–Kier alpha value is -13.5. The van der Waals surface area contributed by atoms with Gasteiger partial charge in [-0.3, -0.25) is 61.1 Å². The summed E-state index contributed by atoms with van der Waals surface area (Å²) in [6.07, 6.45) is 25.9. The van der Waals surface area contributed by atoms with Crippen LogP contribution in [0.3, 0.4) is 0 Å². The number of hydrogen-bond donors (Lipinski definition) is 1. The van der Waals surface area contributed by atoms with Gasteiger partial charge in [-0.2, -0.15) is 20.4 Å². The Morgan fingerprint density at radius 3 is 1.01 bits per heavy atom. The predicted molar refractivity (Wildman–Crippen MR) is 485 cm³/mol. The van der Waals surface area contributed by atoms with Gasteiger partial charge in [0.05, 0.1) is 72.2 Å². The molecule has 3 aliphatic rings. The highest BCUT2D eigenvalue weighted by Gasteiger charge is 2.24. The molecule has 16 aromatic rings. The number of ether oxygens (including phenoxy) is 5. The summed E-state index contributed by atoms with van der Waals surface area (Å²) in [6, 6.07) is 76.8. The van der Waals surface area contributed by atoms with E-state index in [0.29, 0.717) is 68.6 Å². The topological polar surface area (TPSA) is 232 Å². The number of aliphatic hydroxyl groups excluding tert-OH is 1. The summed E-state index contributed by atoms with van der Waals surface area (Å²) in [5.41, 5.74) is 11.2. The van der Waals surface area contributed by atoms with E-state index in [1.165, 1.54) is 75.6 Å². The Morgan fingerprint density at radius 1 is 0.379 bits per heavy atom. The molecule has 1 saturated heterocycles. The van der Waals surface area contributed by atoms with Crippen molar-refractivity contribution in [2.75, 3.05) is 47.4 Å². The van der Waals surface area contributed by atoms with E-state index in [1.54, 1.807) is 67.1 Å². The molecule has 1 aliphatic heterocycles. The first kappa shape index (κ1) is 84.1. The van der Waals surface area contributed by atoms with Crippen LogP contribution < -0.4 is 41.2 Å². The van der Waals surface area contributed by atoms with Gasteiger partial charge in [0, 0.05) is 140 Å². The lowest BCUT2D eigenvalue weighted by molar-refractivity contribution is 0.107. The van der Waals surface area contributed by atoms with E-state index in [2.05, 4.69) is 46.8 Å². The molecule has 19 rings (SSSR count). The molecule has 24 nitrogen and oxygen atoms in total. The number of benzene rings is 8. The van der Waals surface area contributed by atoms with E-state index in [-0.39, 0.29) is 22.2 Å². The molecule has 0 bridgehead atoms. The minimum Gasteiger partial charge on any atom is -0.489 e. The average Bonchev–Trinajstić information content (AvgIpc) is 1.58. The number of aromatic nitrogens is 12. The van der Waals surface area contributed by atoms with E-state index in [9.17, 15) is 24.3 Å².